The Morgan fingerprint density at radius 2 is 2.31 bits per heavy atom. The number of carbonyl (C=O) groups is 1. The smallest absolute Gasteiger partial charge is 0.225 e. The maximum Gasteiger partial charge on any atom is 0.225 e. The van der Waals surface area contributed by atoms with E-state index in [-0.39, 0.29) is 35.0 Å². The monoisotopic (exact) mass is 377 g/mol. The zero-order chi connectivity index (χ0) is 19.2. The van der Waals surface area contributed by atoms with Gasteiger partial charge in [-0.2, -0.15) is 0 Å². The third-order valence-corrected chi connectivity index (χ3v) is 7.65. The quantitative estimate of drug-likeness (QED) is 0.791. The van der Waals surface area contributed by atoms with Gasteiger partial charge in [0.05, 0.1) is 11.8 Å². The van der Waals surface area contributed by atoms with Crippen molar-refractivity contribution in [2.24, 2.45) is 23.2 Å². The molecule has 0 aliphatic heterocycles. The van der Waals surface area contributed by atoms with E-state index in [9.17, 15) is 9.90 Å². The van der Waals surface area contributed by atoms with Crippen molar-refractivity contribution >= 4 is 22.4 Å². The van der Waals surface area contributed by atoms with E-state index < -0.39 is 6.10 Å². The lowest BCUT2D eigenvalue weighted by Crippen LogP contribution is -2.53. The number of rotatable bonds is 4. The molecule has 3 rings (SSSR count). The molecule has 144 valence electrons. The fourth-order valence-corrected chi connectivity index (χ4v) is 6.51. The first-order chi connectivity index (χ1) is 12.2. The predicted octanol–water partition coefficient (Wildman–Crippen LogP) is 3.06. The molecule has 1 fully saturated rings. The van der Waals surface area contributed by atoms with Gasteiger partial charge in [0, 0.05) is 30.3 Å². The molecule has 1 aromatic heterocycles. The number of nitrogens with two attached hydrogens (primary N) is 1. The number of aliphatic hydroxyl groups is 1. The van der Waals surface area contributed by atoms with Gasteiger partial charge in [-0.1, -0.05) is 26.8 Å². The van der Waals surface area contributed by atoms with Crippen LogP contribution in [0.1, 0.15) is 50.1 Å². The van der Waals surface area contributed by atoms with Crippen molar-refractivity contribution in [2.75, 3.05) is 19.3 Å². The molecule has 2 aliphatic rings. The number of hydrogen-bond donors (Lipinski definition) is 2. The summed E-state index contributed by atoms with van der Waals surface area (Å²) in [6.45, 7) is 10.6. The van der Waals surface area contributed by atoms with Crippen LogP contribution >= 0.6 is 11.3 Å². The van der Waals surface area contributed by atoms with Crippen molar-refractivity contribution in [2.45, 2.75) is 52.1 Å². The van der Waals surface area contributed by atoms with Crippen LogP contribution in [0, 0.1) is 23.2 Å². The summed E-state index contributed by atoms with van der Waals surface area (Å²) in [5, 5.41) is 11.9. The van der Waals surface area contributed by atoms with Crippen LogP contribution in [0.4, 0.5) is 5.13 Å². The average Bonchev–Trinajstić information content (AvgIpc) is 2.93. The highest BCUT2D eigenvalue weighted by Gasteiger charge is 2.53. The minimum Gasteiger partial charge on any atom is -0.392 e. The first-order valence-corrected chi connectivity index (χ1v) is 10.3. The molecular weight excluding hydrogens is 346 g/mol. The fraction of sp³-hybridized carbons (Fsp3) is 0.700. The second kappa shape index (κ2) is 6.97. The largest absolute Gasteiger partial charge is 0.392 e. The highest BCUT2D eigenvalue weighted by atomic mass is 32.1. The number of aliphatic hydroxyl groups excluding tert-OH is 1. The SMILES string of the molecule is C=CCN(C)C(=O)C(C)C1CCC2(C)Cc3sc(N)nc3C(C)C2C1O. The minimum absolute atomic E-state index is 0.0205. The molecule has 1 heterocycles. The number of nitrogens with zero attached hydrogens (tertiary/aromatic N) is 2. The molecule has 0 spiro atoms. The van der Waals surface area contributed by atoms with Gasteiger partial charge in [0.1, 0.15) is 0 Å². The number of likely N-dealkylation sites (N-methyl/N-ethyl adjacent to an activating group) is 1. The van der Waals surface area contributed by atoms with E-state index in [1.165, 1.54) is 4.88 Å². The number of aromatic nitrogens is 1. The summed E-state index contributed by atoms with van der Waals surface area (Å²) < 4.78 is 0. The summed E-state index contributed by atoms with van der Waals surface area (Å²) >= 11 is 1.59. The second-order valence-electron chi connectivity index (χ2n) is 8.50. The zero-order valence-corrected chi connectivity index (χ0v) is 17.1. The number of hydrogen-bond acceptors (Lipinski definition) is 5. The first kappa shape index (κ1) is 19.4. The van der Waals surface area contributed by atoms with E-state index in [4.69, 9.17) is 5.73 Å². The van der Waals surface area contributed by atoms with Gasteiger partial charge in [-0.25, -0.2) is 4.98 Å². The fourth-order valence-electron chi connectivity index (χ4n) is 5.38. The third-order valence-electron chi connectivity index (χ3n) is 6.75. The molecule has 5 nitrogen and oxygen atoms in total. The molecule has 0 bridgehead atoms. The van der Waals surface area contributed by atoms with Crippen LogP contribution in [0.2, 0.25) is 0 Å². The van der Waals surface area contributed by atoms with Gasteiger partial charge in [0.25, 0.3) is 0 Å². The molecule has 3 N–H and O–H groups in total. The standard InChI is InChI=1S/C20H31N3O2S/c1-6-9-23(5)18(25)11(2)13-7-8-20(4)10-14-16(22-19(21)26-14)12(3)15(20)17(13)24/h6,11-13,15,17,24H,1,7-10H2,2-5H3,(H2,21,22). The molecule has 1 aromatic rings. The molecule has 26 heavy (non-hydrogen) atoms. The molecule has 0 saturated heterocycles. The van der Waals surface area contributed by atoms with E-state index in [1.807, 2.05) is 6.92 Å². The molecule has 0 aromatic carbocycles. The summed E-state index contributed by atoms with van der Waals surface area (Å²) in [5.41, 5.74) is 7.04. The van der Waals surface area contributed by atoms with Crippen molar-refractivity contribution in [1.82, 2.24) is 9.88 Å². The lowest BCUT2D eigenvalue weighted by molar-refractivity contribution is -0.143. The van der Waals surface area contributed by atoms with E-state index in [1.54, 1.807) is 29.4 Å². The average molecular weight is 378 g/mol. The van der Waals surface area contributed by atoms with E-state index in [0.29, 0.717) is 11.7 Å². The zero-order valence-electron chi connectivity index (χ0n) is 16.2. The van der Waals surface area contributed by atoms with Crippen LogP contribution in [0.25, 0.3) is 0 Å². The Labute approximate surface area is 160 Å². The van der Waals surface area contributed by atoms with Crippen molar-refractivity contribution in [1.29, 1.82) is 0 Å². The predicted molar refractivity (Wildman–Crippen MR) is 106 cm³/mol. The number of anilines is 1. The number of thiazole rings is 1. The maximum absolute atomic E-state index is 12.7. The Bertz CT molecular complexity index is 703. The van der Waals surface area contributed by atoms with Crippen molar-refractivity contribution in [3.05, 3.63) is 23.2 Å². The van der Waals surface area contributed by atoms with Gasteiger partial charge < -0.3 is 15.7 Å². The van der Waals surface area contributed by atoms with Crippen molar-refractivity contribution in [3.8, 4) is 0 Å². The van der Waals surface area contributed by atoms with Gasteiger partial charge >= 0.3 is 0 Å². The number of carbonyl (C=O) groups excluding carboxylic acids is 1. The number of amides is 1. The van der Waals surface area contributed by atoms with Crippen LogP contribution in [-0.2, 0) is 11.2 Å². The third kappa shape index (κ3) is 3.07. The second-order valence-corrected chi connectivity index (χ2v) is 9.61. The molecule has 1 saturated carbocycles. The summed E-state index contributed by atoms with van der Waals surface area (Å²) in [4.78, 5) is 20.3. The van der Waals surface area contributed by atoms with Crippen LogP contribution in [-0.4, -0.2) is 40.6 Å². The Balaban J connectivity index is 1.86. The number of nitrogen functional groups attached to an aromatic ring is 1. The van der Waals surface area contributed by atoms with Crippen LogP contribution in [0.3, 0.4) is 0 Å². The van der Waals surface area contributed by atoms with Gasteiger partial charge in [-0.05, 0) is 36.5 Å². The normalized spacial score (nSPS) is 34.5. The van der Waals surface area contributed by atoms with E-state index in [2.05, 4.69) is 25.4 Å². The van der Waals surface area contributed by atoms with Gasteiger partial charge in [0.2, 0.25) is 5.91 Å². The number of fused-ring (bicyclic) bond motifs is 2. The molecule has 1 amide bonds. The van der Waals surface area contributed by atoms with Gasteiger partial charge in [-0.15, -0.1) is 17.9 Å². The lowest BCUT2D eigenvalue weighted by Gasteiger charge is -2.53. The lowest BCUT2D eigenvalue weighted by atomic mass is 9.53. The summed E-state index contributed by atoms with van der Waals surface area (Å²) in [5.74, 6) is 0.125. The maximum atomic E-state index is 12.7. The molecule has 0 radical (unpaired) electrons. The Hall–Kier alpha value is -1.40. The molecule has 2 aliphatic carbocycles. The van der Waals surface area contributed by atoms with E-state index >= 15 is 0 Å². The Kier molecular flexibility index (Phi) is 5.19. The molecule has 6 heteroatoms. The summed E-state index contributed by atoms with van der Waals surface area (Å²) in [6.07, 6.45) is 4.05. The molecule has 6 unspecified atom stereocenters. The van der Waals surface area contributed by atoms with Crippen LogP contribution in [0.5, 0.6) is 0 Å². The molecular formula is C20H31N3O2S. The minimum atomic E-state index is -0.504. The topological polar surface area (TPSA) is 79.5 Å². The van der Waals surface area contributed by atoms with Crippen molar-refractivity contribution in [3.63, 3.8) is 0 Å². The van der Waals surface area contributed by atoms with Gasteiger partial charge in [0.15, 0.2) is 5.13 Å². The Morgan fingerprint density at radius 3 is 2.96 bits per heavy atom. The van der Waals surface area contributed by atoms with Crippen LogP contribution in [0.15, 0.2) is 12.7 Å². The van der Waals surface area contributed by atoms with Crippen LogP contribution < -0.4 is 5.73 Å². The van der Waals surface area contributed by atoms with Gasteiger partial charge in [-0.3, -0.25) is 4.79 Å². The Morgan fingerprint density at radius 1 is 1.62 bits per heavy atom. The summed E-state index contributed by atoms with van der Waals surface area (Å²) in [6, 6.07) is 0. The first-order valence-electron chi connectivity index (χ1n) is 9.48. The highest BCUT2D eigenvalue weighted by Crippen LogP contribution is 2.57. The highest BCUT2D eigenvalue weighted by molar-refractivity contribution is 7.15. The summed E-state index contributed by atoms with van der Waals surface area (Å²) in [7, 11) is 1.80. The molecule has 6 atom stereocenters. The van der Waals surface area contributed by atoms with Crippen molar-refractivity contribution < 1.29 is 9.90 Å². The van der Waals surface area contributed by atoms with E-state index in [0.717, 1.165) is 25.0 Å².